The molecule has 7 aromatic carbocycles. The second-order valence-corrected chi connectivity index (χ2v) is 20.0. The van der Waals surface area contributed by atoms with Gasteiger partial charge in [0, 0.05) is 55.7 Å². The molecule has 2 aromatic heterocycles. The zero-order valence-electron chi connectivity index (χ0n) is 39.4. The molecule has 10 rings (SSSR count). The van der Waals surface area contributed by atoms with Gasteiger partial charge in [0.2, 0.25) is 0 Å². The van der Waals surface area contributed by atoms with Crippen LogP contribution in [-0.2, 0) is 37.3 Å². The molecule has 338 valence electrons. The van der Waals surface area contributed by atoms with Crippen molar-refractivity contribution in [2.75, 3.05) is 9.80 Å². The van der Waals surface area contributed by atoms with E-state index in [0.717, 1.165) is 61.4 Å². The Labute approximate surface area is 410 Å². The summed E-state index contributed by atoms with van der Waals surface area (Å²) in [5.41, 5.74) is 12.8. The van der Waals surface area contributed by atoms with Crippen LogP contribution in [0, 0.1) is 18.8 Å². The molecule has 0 aliphatic carbocycles. The Bertz CT molecular complexity index is 3250. The first-order valence-corrected chi connectivity index (χ1v) is 22.9. The summed E-state index contributed by atoms with van der Waals surface area (Å²) in [5, 5.41) is 2.20. The van der Waals surface area contributed by atoms with Crippen molar-refractivity contribution in [1.29, 1.82) is 0 Å². The Balaban J connectivity index is 0.00000562. The summed E-state index contributed by atoms with van der Waals surface area (Å²) in [7, 11) is 0. The smallest absolute Gasteiger partial charge is 0.135 e. The maximum Gasteiger partial charge on any atom is 0.135 e. The van der Waals surface area contributed by atoms with Gasteiger partial charge in [-0.15, -0.1) is 53.6 Å². The van der Waals surface area contributed by atoms with Crippen molar-refractivity contribution in [2.45, 2.75) is 71.6 Å². The molecule has 1 aliphatic rings. The van der Waals surface area contributed by atoms with Gasteiger partial charge in [0.05, 0.1) is 0 Å². The summed E-state index contributed by atoms with van der Waals surface area (Å²) in [6.07, 6.45) is 4.12. The van der Waals surface area contributed by atoms with E-state index in [1.165, 1.54) is 22.3 Å². The van der Waals surface area contributed by atoms with Crippen LogP contribution in [0.2, 0.25) is 0 Å². The molecule has 5 nitrogen and oxygen atoms in total. The minimum absolute atomic E-state index is 0. The van der Waals surface area contributed by atoms with Gasteiger partial charge in [-0.2, -0.15) is 6.07 Å². The molecule has 3 heterocycles. The van der Waals surface area contributed by atoms with Crippen LogP contribution in [0.4, 0.5) is 11.4 Å². The van der Waals surface area contributed by atoms with Gasteiger partial charge >= 0.3 is 0 Å². The molecule has 0 saturated heterocycles. The molecule has 0 radical (unpaired) electrons. The van der Waals surface area contributed by atoms with Gasteiger partial charge in [-0.25, -0.2) is 4.98 Å². The van der Waals surface area contributed by atoms with Crippen LogP contribution in [0.25, 0.3) is 44.4 Å². The van der Waals surface area contributed by atoms with E-state index >= 15 is 0 Å². The van der Waals surface area contributed by atoms with E-state index in [-0.39, 0.29) is 37.3 Å². The first kappa shape index (κ1) is 45.5. The maximum absolute atomic E-state index is 6.97. The zero-order chi connectivity index (χ0) is 45.8. The Morgan fingerprint density at radius 1 is 0.522 bits per heavy atom. The number of hydrogen-bond acceptors (Lipinski definition) is 4. The fourth-order valence-corrected chi connectivity index (χ4v) is 8.96. The fourth-order valence-electron chi connectivity index (χ4n) is 8.96. The van der Waals surface area contributed by atoms with E-state index < -0.39 is 0 Å². The van der Waals surface area contributed by atoms with Crippen molar-refractivity contribution >= 4 is 38.9 Å². The molecule has 1 aliphatic heterocycles. The third kappa shape index (κ3) is 8.98. The number of aromatic nitrogens is 2. The SMILES string of the molecule is CC(C)(C)c1cccc(N2[CH-]N(c3[c-]c(Oc4[c-]c5c(cc4)c4cc(-c6ccccc6)ccc4n5-c4cc(C(C)(C)C)ccn4)cc(C(C)(C)c4ccccc4)c3)C=C2c2ccccc2)c1.[Pt]. The third-order valence-electron chi connectivity index (χ3n) is 13.0. The first-order valence-electron chi connectivity index (χ1n) is 22.9. The molecule has 0 atom stereocenters. The molecule has 0 fully saturated rings. The van der Waals surface area contributed by atoms with Gasteiger partial charge in [-0.05, 0) is 91.5 Å². The Kier molecular flexibility index (Phi) is 12.1. The molecular formula is C61H55N4OPt-3. The first-order chi connectivity index (χ1) is 31.7. The molecule has 67 heavy (non-hydrogen) atoms. The Hall–Kier alpha value is -6.68. The average Bonchev–Trinajstić information content (AvgIpc) is 3.92. The number of hydrogen-bond donors (Lipinski definition) is 0. The molecule has 0 N–H and O–H groups in total. The van der Waals surface area contributed by atoms with Crippen molar-refractivity contribution in [3.05, 3.63) is 229 Å². The topological polar surface area (TPSA) is 33.5 Å². The Morgan fingerprint density at radius 2 is 1.18 bits per heavy atom. The van der Waals surface area contributed by atoms with Crippen molar-refractivity contribution in [1.82, 2.24) is 9.55 Å². The number of pyridine rings is 1. The fraction of sp³-hybridized carbons (Fsp3) is 0.180. The van der Waals surface area contributed by atoms with Crippen LogP contribution in [0.5, 0.6) is 11.5 Å². The number of benzene rings is 7. The van der Waals surface area contributed by atoms with Crippen LogP contribution in [0.15, 0.2) is 182 Å². The number of anilines is 2. The summed E-state index contributed by atoms with van der Waals surface area (Å²) >= 11 is 0. The monoisotopic (exact) mass is 1050 g/mol. The summed E-state index contributed by atoms with van der Waals surface area (Å²) in [4.78, 5) is 9.41. The van der Waals surface area contributed by atoms with E-state index in [1.54, 1.807) is 0 Å². The third-order valence-corrected chi connectivity index (χ3v) is 13.0. The predicted octanol–water partition coefficient (Wildman–Crippen LogP) is 15.6. The summed E-state index contributed by atoms with van der Waals surface area (Å²) < 4.78 is 9.20. The van der Waals surface area contributed by atoms with Crippen LogP contribution < -0.4 is 14.5 Å². The molecule has 0 spiro atoms. The van der Waals surface area contributed by atoms with Gasteiger partial charge < -0.3 is 19.1 Å². The number of rotatable bonds is 9. The molecule has 0 bridgehead atoms. The van der Waals surface area contributed by atoms with E-state index in [1.807, 2.05) is 12.3 Å². The zero-order valence-corrected chi connectivity index (χ0v) is 41.7. The second-order valence-electron chi connectivity index (χ2n) is 20.0. The van der Waals surface area contributed by atoms with Gasteiger partial charge in [-0.1, -0.05) is 176 Å². The number of nitrogens with zero attached hydrogens (tertiary/aromatic N) is 4. The van der Waals surface area contributed by atoms with E-state index in [0.29, 0.717) is 11.5 Å². The van der Waals surface area contributed by atoms with Crippen molar-refractivity contribution in [2.24, 2.45) is 0 Å². The van der Waals surface area contributed by atoms with E-state index in [9.17, 15) is 0 Å². The van der Waals surface area contributed by atoms with Crippen LogP contribution in [0.1, 0.15) is 83.2 Å². The average molecular weight is 1060 g/mol. The molecule has 9 aromatic rings. The number of fused-ring (bicyclic) bond motifs is 3. The molecule has 0 unspecified atom stereocenters. The standard InChI is InChI=1S/C61H55N4O.Pt/c1-59(2,3)46-25-18-26-49(34-46)64-41-63(40-57(64)43-21-14-10-15-22-43)50-35-48(61(7,8)45-23-16-11-17-24-45)36-52(38-50)66-51-28-29-53-54-33-44(42-19-12-9-13-20-42)27-30-55(54)65(56(53)39-51)58-37-47(31-32-62-58)60(4,5)6;/h9-37,40-41H,1-8H3;/q-3;. The Morgan fingerprint density at radius 3 is 1.88 bits per heavy atom. The molecule has 0 amide bonds. The van der Waals surface area contributed by atoms with Gasteiger partial charge in [-0.3, -0.25) is 0 Å². The minimum atomic E-state index is -0.365. The van der Waals surface area contributed by atoms with Crippen molar-refractivity contribution in [3.63, 3.8) is 0 Å². The quantitative estimate of drug-likeness (QED) is 0.135. The van der Waals surface area contributed by atoms with Gasteiger partial charge in [0.15, 0.2) is 0 Å². The van der Waals surface area contributed by atoms with Crippen molar-refractivity contribution in [3.8, 4) is 28.4 Å². The van der Waals surface area contributed by atoms with Gasteiger partial charge in [0.1, 0.15) is 5.82 Å². The number of ether oxygens (including phenoxy) is 1. The summed E-state index contributed by atoms with van der Waals surface area (Å²) in [6, 6.07) is 67.7. The van der Waals surface area contributed by atoms with Crippen molar-refractivity contribution < 1.29 is 25.8 Å². The maximum atomic E-state index is 6.97. The van der Waals surface area contributed by atoms with E-state index in [2.05, 4.69) is 259 Å². The summed E-state index contributed by atoms with van der Waals surface area (Å²) in [6.45, 7) is 20.2. The molecule has 0 saturated carbocycles. The van der Waals surface area contributed by atoms with E-state index in [4.69, 9.17) is 9.72 Å². The molecule has 6 heteroatoms. The minimum Gasteiger partial charge on any atom is -0.509 e. The van der Waals surface area contributed by atoms with Crippen LogP contribution >= 0.6 is 0 Å². The van der Waals surface area contributed by atoms with Crippen LogP contribution in [-0.4, -0.2) is 9.55 Å². The predicted molar refractivity (Wildman–Crippen MR) is 274 cm³/mol. The van der Waals surface area contributed by atoms with Crippen LogP contribution in [0.3, 0.4) is 0 Å². The largest absolute Gasteiger partial charge is 0.509 e. The molecular weight excluding hydrogens is 1000 g/mol. The summed E-state index contributed by atoms with van der Waals surface area (Å²) in [5.74, 6) is 2.03. The second kappa shape index (κ2) is 17.8. The normalized spacial score (nSPS) is 13.2. The van der Waals surface area contributed by atoms with Gasteiger partial charge in [0.25, 0.3) is 0 Å².